The first-order valence-corrected chi connectivity index (χ1v) is 5.96. The normalized spacial score (nSPS) is 18.4. The summed E-state index contributed by atoms with van der Waals surface area (Å²) < 4.78 is 5.19. The highest BCUT2D eigenvalue weighted by Crippen LogP contribution is 2.38. The fourth-order valence-corrected chi connectivity index (χ4v) is 2.51. The standard InChI is InChI=1S/C11H15ClN2OS/c1-11(7-15-2)5-14(6-11)10-9(12)8(16)3-4-13-10/h3-4H,5-7H2,1-2H3,(H,13,16). The second-order valence-corrected chi connectivity index (χ2v) is 5.43. The fraction of sp³-hybridized carbons (Fsp3) is 0.545. The quantitative estimate of drug-likeness (QED) is 0.844. The lowest BCUT2D eigenvalue weighted by atomic mass is 9.83. The van der Waals surface area contributed by atoms with Gasteiger partial charge in [-0.1, -0.05) is 18.5 Å². The third-order valence-electron chi connectivity index (χ3n) is 2.79. The van der Waals surface area contributed by atoms with Gasteiger partial charge in [0.1, 0.15) is 5.82 Å². The Morgan fingerprint density at radius 3 is 2.94 bits per heavy atom. The Labute approximate surface area is 106 Å². The molecule has 0 aromatic carbocycles. The molecule has 16 heavy (non-hydrogen) atoms. The van der Waals surface area contributed by atoms with Crippen LogP contribution in [0.25, 0.3) is 0 Å². The second-order valence-electron chi connectivity index (χ2n) is 4.57. The molecule has 0 radical (unpaired) electrons. The summed E-state index contributed by atoms with van der Waals surface area (Å²) in [4.78, 5) is 7.22. The average molecular weight is 259 g/mol. The van der Waals surface area contributed by atoms with Gasteiger partial charge in [0.05, 0.1) is 11.6 Å². The minimum atomic E-state index is 0.215. The minimum absolute atomic E-state index is 0.215. The molecule has 3 nitrogen and oxygen atoms in total. The highest BCUT2D eigenvalue weighted by Gasteiger charge is 2.40. The van der Waals surface area contributed by atoms with Gasteiger partial charge in [0, 0.05) is 36.7 Å². The van der Waals surface area contributed by atoms with Gasteiger partial charge in [-0.05, 0) is 6.07 Å². The van der Waals surface area contributed by atoms with Crippen molar-refractivity contribution in [3.63, 3.8) is 0 Å². The van der Waals surface area contributed by atoms with Crippen LogP contribution in [0.3, 0.4) is 0 Å². The molecule has 0 aliphatic carbocycles. The molecular weight excluding hydrogens is 244 g/mol. The Bertz CT molecular complexity index is 394. The van der Waals surface area contributed by atoms with Crippen LogP contribution in [-0.4, -0.2) is 31.8 Å². The molecule has 0 saturated carbocycles. The molecule has 1 fully saturated rings. The van der Waals surface area contributed by atoms with E-state index in [2.05, 4.69) is 29.4 Å². The van der Waals surface area contributed by atoms with Crippen LogP contribution >= 0.6 is 24.2 Å². The largest absolute Gasteiger partial charge is 0.384 e. The minimum Gasteiger partial charge on any atom is -0.384 e. The summed E-state index contributed by atoms with van der Waals surface area (Å²) in [7, 11) is 1.73. The number of rotatable bonds is 3. The Kier molecular flexibility index (Phi) is 3.33. The van der Waals surface area contributed by atoms with E-state index in [1.165, 1.54) is 0 Å². The van der Waals surface area contributed by atoms with E-state index >= 15 is 0 Å². The predicted octanol–water partition coefficient (Wildman–Crippen LogP) is 2.50. The first kappa shape index (κ1) is 12.0. The zero-order chi connectivity index (χ0) is 11.8. The maximum absolute atomic E-state index is 6.16. The van der Waals surface area contributed by atoms with Crippen molar-refractivity contribution in [1.82, 2.24) is 4.98 Å². The number of hydrogen-bond donors (Lipinski definition) is 1. The van der Waals surface area contributed by atoms with Crippen molar-refractivity contribution >= 4 is 30.0 Å². The molecular formula is C11H15ClN2OS. The van der Waals surface area contributed by atoms with E-state index in [4.69, 9.17) is 16.3 Å². The lowest BCUT2D eigenvalue weighted by molar-refractivity contribution is 0.0697. The van der Waals surface area contributed by atoms with Crippen LogP contribution in [0.5, 0.6) is 0 Å². The number of halogens is 1. The van der Waals surface area contributed by atoms with E-state index in [-0.39, 0.29) is 5.41 Å². The lowest BCUT2D eigenvalue weighted by Gasteiger charge is -2.48. The number of hydrogen-bond acceptors (Lipinski definition) is 4. The lowest BCUT2D eigenvalue weighted by Crippen LogP contribution is -2.57. The van der Waals surface area contributed by atoms with E-state index in [1.807, 2.05) is 0 Å². The van der Waals surface area contributed by atoms with E-state index in [1.54, 1.807) is 19.4 Å². The topological polar surface area (TPSA) is 25.4 Å². The van der Waals surface area contributed by atoms with Gasteiger partial charge in [-0.3, -0.25) is 0 Å². The monoisotopic (exact) mass is 258 g/mol. The number of nitrogens with zero attached hydrogens (tertiary/aromatic N) is 2. The van der Waals surface area contributed by atoms with Crippen molar-refractivity contribution in [3.05, 3.63) is 17.3 Å². The maximum Gasteiger partial charge on any atom is 0.148 e. The number of thiol groups is 1. The van der Waals surface area contributed by atoms with Gasteiger partial charge in [0.2, 0.25) is 0 Å². The van der Waals surface area contributed by atoms with Crippen molar-refractivity contribution in [2.45, 2.75) is 11.8 Å². The van der Waals surface area contributed by atoms with Crippen molar-refractivity contribution in [3.8, 4) is 0 Å². The third kappa shape index (κ3) is 2.14. The molecule has 0 atom stereocenters. The van der Waals surface area contributed by atoms with Gasteiger partial charge < -0.3 is 9.64 Å². The number of ether oxygens (including phenoxy) is 1. The summed E-state index contributed by atoms with van der Waals surface area (Å²) in [6, 6.07) is 1.79. The molecule has 88 valence electrons. The second kappa shape index (κ2) is 4.43. The smallest absolute Gasteiger partial charge is 0.148 e. The van der Waals surface area contributed by atoms with Crippen LogP contribution in [0.4, 0.5) is 5.82 Å². The zero-order valence-corrected chi connectivity index (χ0v) is 11.1. The summed E-state index contributed by atoms with van der Waals surface area (Å²) in [5.74, 6) is 0.822. The first-order chi connectivity index (χ1) is 7.56. The average Bonchev–Trinajstić information content (AvgIpc) is 2.19. The van der Waals surface area contributed by atoms with Gasteiger partial charge in [0.25, 0.3) is 0 Å². The maximum atomic E-state index is 6.16. The van der Waals surface area contributed by atoms with E-state index < -0.39 is 0 Å². The van der Waals surface area contributed by atoms with Gasteiger partial charge in [-0.25, -0.2) is 4.98 Å². The summed E-state index contributed by atoms with van der Waals surface area (Å²) in [5, 5.41) is 0.630. The van der Waals surface area contributed by atoms with Gasteiger partial charge >= 0.3 is 0 Å². The Hall–Kier alpha value is -0.450. The van der Waals surface area contributed by atoms with E-state index in [9.17, 15) is 0 Å². The van der Waals surface area contributed by atoms with Crippen LogP contribution in [0, 0.1) is 5.41 Å². The molecule has 0 bridgehead atoms. The van der Waals surface area contributed by atoms with Crippen LogP contribution in [0.2, 0.25) is 5.02 Å². The molecule has 2 rings (SSSR count). The molecule has 1 aliphatic heterocycles. The Balaban J connectivity index is 2.09. The molecule has 1 saturated heterocycles. The summed E-state index contributed by atoms with van der Waals surface area (Å²) in [5.41, 5.74) is 0.215. The molecule has 2 heterocycles. The van der Waals surface area contributed by atoms with Gasteiger partial charge in [0.15, 0.2) is 0 Å². The van der Waals surface area contributed by atoms with E-state index in [0.29, 0.717) is 5.02 Å². The molecule has 1 aromatic heterocycles. The Morgan fingerprint density at radius 2 is 2.31 bits per heavy atom. The van der Waals surface area contributed by atoms with Crippen molar-refractivity contribution < 1.29 is 4.74 Å². The summed E-state index contributed by atoms with van der Waals surface area (Å²) in [6.07, 6.45) is 1.73. The molecule has 0 N–H and O–H groups in total. The van der Waals surface area contributed by atoms with Crippen molar-refractivity contribution in [1.29, 1.82) is 0 Å². The first-order valence-electron chi connectivity index (χ1n) is 5.13. The summed E-state index contributed by atoms with van der Waals surface area (Å²) >= 11 is 10.4. The summed E-state index contributed by atoms with van der Waals surface area (Å²) in [6.45, 7) is 4.81. The zero-order valence-electron chi connectivity index (χ0n) is 9.40. The van der Waals surface area contributed by atoms with Crippen molar-refractivity contribution in [2.24, 2.45) is 5.41 Å². The molecule has 0 spiro atoms. The third-order valence-corrected chi connectivity index (χ3v) is 3.66. The number of pyridine rings is 1. The van der Waals surface area contributed by atoms with Crippen LogP contribution < -0.4 is 4.90 Å². The SMILES string of the molecule is COCC1(C)CN(c2nccc(S)c2Cl)C1. The molecule has 0 unspecified atom stereocenters. The Morgan fingerprint density at radius 1 is 1.62 bits per heavy atom. The highest BCUT2D eigenvalue weighted by atomic mass is 35.5. The van der Waals surface area contributed by atoms with Crippen LogP contribution in [0.15, 0.2) is 17.2 Å². The van der Waals surface area contributed by atoms with Gasteiger partial charge in [-0.15, -0.1) is 12.6 Å². The van der Waals surface area contributed by atoms with Crippen LogP contribution in [-0.2, 0) is 4.74 Å². The van der Waals surface area contributed by atoms with E-state index in [0.717, 1.165) is 30.4 Å². The number of anilines is 1. The molecule has 1 aromatic rings. The van der Waals surface area contributed by atoms with Crippen molar-refractivity contribution in [2.75, 3.05) is 31.7 Å². The highest BCUT2D eigenvalue weighted by molar-refractivity contribution is 7.80. The van der Waals surface area contributed by atoms with Crippen LogP contribution in [0.1, 0.15) is 6.92 Å². The number of aromatic nitrogens is 1. The molecule has 5 heteroatoms. The molecule has 1 aliphatic rings. The predicted molar refractivity (Wildman–Crippen MR) is 68.7 cm³/mol. The fourth-order valence-electron chi connectivity index (χ4n) is 2.11. The number of methoxy groups -OCH3 is 1. The molecule has 0 amide bonds. The van der Waals surface area contributed by atoms with Gasteiger partial charge in [-0.2, -0.15) is 0 Å².